The summed E-state index contributed by atoms with van der Waals surface area (Å²) in [5, 5.41) is 8.68. The average molecular weight is 308 g/mol. The van der Waals surface area contributed by atoms with Gasteiger partial charge >= 0.3 is 5.97 Å². The van der Waals surface area contributed by atoms with Crippen LogP contribution in [-0.4, -0.2) is 32.3 Å². The predicted molar refractivity (Wildman–Crippen MR) is 64.0 cm³/mol. The second-order valence-electron chi connectivity index (χ2n) is 3.11. The minimum atomic E-state index is -3.61. The van der Waals surface area contributed by atoms with E-state index in [1.165, 1.54) is 6.07 Å². The molecule has 0 amide bonds. The van der Waals surface area contributed by atoms with Gasteiger partial charge in [-0.2, -0.15) is 0 Å². The minimum absolute atomic E-state index is 0.312. The normalized spacial score (nSPS) is 11.1. The van der Waals surface area contributed by atoms with Gasteiger partial charge in [0, 0.05) is 4.47 Å². The van der Waals surface area contributed by atoms with Gasteiger partial charge in [-0.05, 0) is 28.1 Å². The molecule has 0 bridgehead atoms. The Bertz CT molecular complexity index is 500. The lowest BCUT2D eigenvalue weighted by molar-refractivity contribution is -0.135. The number of para-hydroxylation sites is 1. The van der Waals surface area contributed by atoms with E-state index in [0.717, 1.165) is 10.6 Å². The van der Waals surface area contributed by atoms with E-state index >= 15 is 0 Å². The highest BCUT2D eigenvalue weighted by Gasteiger charge is 2.21. The van der Waals surface area contributed by atoms with E-state index in [1.54, 1.807) is 18.2 Å². The fourth-order valence-corrected chi connectivity index (χ4v) is 2.64. The highest BCUT2D eigenvalue weighted by atomic mass is 79.9. The van der Waals surface area contributed by atoms with Crippen molar-refractivity contribution < 1.29 is 18.3 Å². The maximum absolute atomic E-state index is 11.5. The van der Waals surface area contributed by atoms with Crippen LogP contribution in [0.2, 0.25) is 0 Å². The van der Waals surface area contributed by atoms with Crippen molar-refractivity contribution in [3.05, 3.63) is 28.7 Å². The summed E-state index contributed by atoms with van der Waals surface area (Å²) in [4.78, 5) is 10.6. The lowest BCUT2D eigenvalue weighted by Gasteiger charge is -2.21. The Morgan fingerprint density at radius 3 is 2.44 bits per heavy atom. The first kappa shape index (κ1) is 13.0. The number of carbonyl (C=O) groups is 1. The summed E-state index contributed by atoms with van der Waals surface area (Å²) >= 11 is 3.18. The highest BCUT2D eigenvalue weighted by molar-refractivity contribution is 9.10. The van der Waals surface area contributed by atoms with E-state index in [-0.39, 0.29) is 0 Å². The molecule has 0 fully saturated rings. The van der Waals surface area contributed by atoms with Crippen LogP contribution in [0.3, 0.4) is 0 Å². The molecule has 0 radical (unpaired) electrons. The minimum Gasteiger partial charge on any atom is -0.480 e. The fraction of sp³-hybridized carbons (Fsp3) is 0.222. The molecule has 1 aromatic carbocycles. The number of hydrogen-bond acceptors (Lipinski definition) is 3. The van der Waals surface area contributed by atoms with Crippen LogP contribution in [-0.2, 0) is 14.8 Å². The molecule has 1 aromatic rings. The van der Waals surface area contributed by atoms with Gasteiger partial charge in [0.2, 0.25) is 10.0 Å². The number of sulfonamides is 1. The number of benzene rings is 1. The monoisotopic (exact) mass is 307 g/mol. The number of aliphatic carboxylic acids is 1. The molecule has 0 unspecified atom stereocenters. The third kappa shape index (κ3) is 3.21. The molecule has 0 saturated carbocycles. The van der Waals surface area contributed by atoms with Crippen molar-refractivity contribution in [2.24, 2.45) is 0 Å². The van der Waals surface area contributed by atoms with Gasteiger partial charge in [-0.25, -0.2) is 8.42 Å². The van der Waals surface area contributed by atoms with Crippen molar-refractivity contribution in [1.82, 2.24) is 0 Å². The van der Waals surface area contributed by atoms with Gasteiger partial charge < -0.3 is 5.11 Å². The molecule has 0 aliphatic heterocycles. The lowest BCUT2D eigenvalue weighted by atomic mass is 10.3. The molecular formula is C9H10BrNO4S. The van der Waals surface area contributed by atoms with Crippen molar-refractivity contribution >= 4 is 37.6 Å². The van der Waals surface area contributed by atoms with Crippen LogP contribution in [0.4, 0.5) is 5.69 Å². The van der Waals surface area contributed by atoms with Crippen molar-refractivity contribution in [3.8, 4) is 0 Å². The smallest absolute Gasteiger partial charge is 0.324 e. The topological polar surface area (TPSA) is 74.7 Å². The van der Waals surface area contributed by atoms with Crippen LogP contribution in [0, 0.1) is 0 Å². The van der Waals surface area contributed by atoms with E-state index in [9.17, 15) is 13.2 Å². The third-order valence-corrected chi connectivity index (χ3v) is 3.60. The Hall–Kier alpha value is -1.08. The number of nitrogens with zero attached hydrogens (tertiary/aromatic N) is 1. The number of hydrogen-bond donors (Lipinski definition) is 1. The van der Waals surface area contributed by atoms with Gasteiger partial charge in [0.05, 0.1) is 11.9 Å². The van der Waals surface area contributed by atoms with E-state index < -0.39 is 22.5 Å². The standard InChI is InChI=1S/C9H10BrNO4S/c1-16(14,15)11(6-9(12)13)8-5-3-2-4-7(8)10/h2-5H,6H2,1H3,(H,12,13). The predicted octanol–water partition coefficient (Wildman–Crippen LogP) is 1.30. The maximum Gasteiger partial charge on any atom is 0.324 e. The summed E-state index contributed by atoms with van der Waals surface area (Å²) < 4.78 is 24.3. The molecule has 16 heavy (non-hydrogen) atoms. The summed E-state index contributed by atoms with van der Waals surface area (Å²) in [6.45, 7) is -0.596. The van der Waals surface area contributed by atoms with Gasteiger partial charge in [0.1, 0.15) is 6.54 Å². The van der Waals surface area contributed by atoms with Crippen molar-refractivity contribution in [2.45, 2.75) is 0 Å². The van der Waals surface area contributed by atoms with E-state index in [1.807, 2.05) is 0 Å². The average Bonchev–Trinajstić information content (AvgIpc) is 2.13. The summed E-state index contributed by atoms with van der Waals surface area (Å²) in [7, 11) is -3.61. The lowest BCUT2D eigenvalue weighted by Crippen LogP contribution is -2.35. The Morgan fingerprint density at radius 1 is 1.44 bits per heavy atom. The molecule has 88 valence electrons. The number of halogens is 1. The maximum atomic E-state index is 11.5. The Morgan fingerprint density at radius 2 is 2.00 bits per heavy atom. The van der Waals surface area contributed by atoms with Crippen molar-refractivity contribution in [3.63, 3.8) is 0 Å². The molecule has 7 heteroatoms. The van der Waals surface area contributed by atoms with Crippen LogP contribution in [0.25, 0.3) is 0 Å². The zero-order valence-corrected chi connectivity index (χ0v) is 10.8. The zero-order chi connectivity index (χ0) is 12.3. The third-order valence-electron chi connectivity index (χ3n) is 1.80. The number of anilines is 1. The fourth-order valence-electron chi connectivity index (χ4n) is 1.16. The molecule has 0 aliphatic carbocycles. The summed E-state index contributed by atoms with van der Waals surface area (Å²) in [5.41, 5.74) is 0.312. The number of carboxylic acids is 1. The number of carboxylic acid groups (broad SMARTS) is 1. The van der Waals surface area contributed by atoms with Crippen LogP contribution in [0.5, 0.6) is 0 Å². The van der Waals surface area contributed by atoms with E-state index in [2.05, 4.69) is 15.9 Å². The van der Waals surface area contributed by atoms with Crippen LogP contribution < -0.4 is 4.31 Å². The molecule has 0 spiro atoms. The first-order chi connectivity index (χ1) is 7.32. The summed E-state index contributed by atoms with van der Waals surface area (Å²) in [6.07, 6.45) is 0.968. The number of rotatable bonds is 4. The molecule has 0 atom stereocenters. The van der Waals surface area contributed by atoms with Crippen LogP contribution in [0.1, 0.15) is 0 Å². The Balaban J connectivity index is 3.22. The Kier molecular flexibility index (Phi) is 3.93. The molecule has 1 rings (SSSR count). The molecule has 0 saturated heterocycles. The van der Waals surface area contributed by atoms with Gasteiger partial charge in [-0.1, -0.05) is 12.1 Å². The summed E-state index contributed by atoms with van der Waals surface area (Å²) in [6, 6.07) is 6.54. The van der Waals surface area contributed by atoms with E-state index in [0.29, 0.717) is 10.2 Å². The SMILES string of the molecule is CS(=O)(=O)N(CC(=O)O)c1ccccc1Br. The molecule has 1 N–H and O–H groups in total. The second-order valence-corrected chi connectivity index (χ2v) is 5.88. The zero-order valence-electron chi connectivity index (χ0n) is 8.42. The van der Waals surface area contributed by atoms with Crippen molar-refractivity contribution in [2.75, 3.05) is 17.1 Å². The second kappa shape index (κ2) is 4.84. The van der Waals surface area contributed by atoms with Gasteiger partial charge in [-0.3, -0.25) is 9.10 Å². The quantitative estimate of drug-likeness (QED) is 0.910. The van der Waals surface area contributed by atoms with E-state index in [4.69, 9.17) is 5.11 Å². The first-order valence-electron chi connectivity index (χ1n) is 4.26. The van der Waals surface area contributed by atoms with Crippen LogP contribution in [0.15, 0.2) is 28.7 Å². The Labute approximate surface area is 102 Å². The first-order valence-corrected chi connectivity index (χ1v) is 6.90. The van der Waals surface area contributed by atoms with Gasteiger partial charge in [-0.15, -0.1) is 0 Å². The van der Waals surface area contributed by atoms with Crippen LogP contribution >= 0.6 is 15.9 Å². The molecule has 0 aromatic heterocycles. The summed E-state index contributed by atoms with van der Waals surface area (Å²) in [5.74, 6) is -1.21. The molecule has 0 aliphatic rings. The molecule has 5 nitrogen and oxygen atoms in total. The highest BCUT2D eigenvalue weighted by Crippen LogP contribution is 2.27. The molecular weight excluding hydrogens is 298 g/mol. The van der Waals surface area contributed by atoms with Gasteiger partial charge in [0.25, 0.3) is 0 Å². The largest absolute Gasteiger partial charge is 0.480 e. The van der Waals surface area contributed by atoms with Gasteiger partial charge in [0.15, 0.2) is 0 Å². The van der Waals surface area contributed by atoms with Crippen molar-refractivity contribution in [1.29, 1.82) is 0 Å². The molecule has 0 heterocycles.